The Morgan fingerprint density at radius 2 is 2.38 bits per heavy atom. The highest BCUT2D eigenvalue weighted by molar-refractivity contribution is 5.83. The molecule has 88 valence electrons. The van der Waals surface area contributed by atoms with E-state index in [1.807, 2.05) is 14.1 Å². The SMILES string of the molecule is CN1CCC(NCCc2ncn(C)n2)C1=O. The maximum Gasteiger partial charge on any atom is 0.239 e. The minimum absolute atomic E-state index is 0.0197. The van der Waals surface area contributed by atoms with Crippen molar-refractivity contribution in [2.45, 2.75) is 18.9 Å². The number of rotatable bonds is 4. The summed E-state index contributed by atoms with van der Waals surface area (Å²) in [7, 11) is 3.68. The Balaban J connectivity index is 1.74. The van der Waals surface area contributed by atoms with Crippen molar-refractivity contribution in [3.8, 4) is 0 Å². The molecule has 2 heterocycles. The van der Waals surface area contributed by atoms with E-state index in [0.29, 0.717) is 0 Å². The highest BCUT2D eigenvalue weighted by Crippen LogP contribution is 2.07. The molecule has 1 aliphatic rings. The van der Waals surface area contributed by atoms with Crippen molar-refractivity contribution >= 4 is 5.91 Å². The highest BCUT2D eigenvalue weighted by atomic mass is 16.2. The van der Waals surface area contributed by atoms with E-state index >= 15 is 0 Å². The van der Waals surface area contributed by atoms with Crippen LogP contribution in [0.4, 0.5) is 0 Å². The third-order valence-corrected chi connectivity index (χ3v) is 2.81. The predicted octanol–water partition coefficient (Wildman–Crippen LogP) is -0.822. The lowest BCUT2D eigenvalue weighted by Gasteiger charge is -2.11. The Morgan fingerprint density at radius 1 is 1.56 bits per heavy atom. The third-order valence-electron chi connectivity index (χ3n) is 2.81. The van der Waals surface area contributed by atoms with Gasteiger partial charge < -0.3 is 10.2 Å². The number of likely N-dealkylation sites (N-methyl/N-ethyl adjacent to an activating group) is 1. The molecule has 16 heavy (non-hydrogen) atoms. The van der Waals surface area contributed by atoms with E-state index in [2.05, 4.69) is 15.4 Å². The molecule has 1 atom stereocenters. The molecule has 0 aromatic carbocycles. The second-order valence-electron chi connectivity index (χ2n) is 4.14. The Hall–Kier alpha value is -1.43. The molecule has 1 amide bonds. The van der Waals surface area contributed by atoms with Gasteiger partial charge in [0.2, 0.25) is 5.91 Å². The van der Waals surface area contributed by atoms with Crippen LogP contribution in [0.15, 0.2) is 6.33 Å². The van der Waals surface area contributed by atoms with Crippen molar-refractivity contribution in [1.29, 1.82) is 0 Å². The molecule has 6 heteroatoms. The van der Waals surface area contributed by atoms with E-state index < -0.39 is 0 Å². The molecule has 1 aromatic heterocycles. The molecule has 0 aliphatic carbocycles. The summed E-state index contributed by atoms with van der Waals surface area (Å²) in [6, 6.07) is -0.0197. The summed E-state index contributed by atoms with van der Waals surface area (Å²) in [5, 5.41) is 7.42. The first-order valence-corrected chi connectivity index (χ1v) is 5.49. The number of hydrogen-bond donors (Lipinski definition) is 1. The first kappa shape index (κ1) is 11.1. The molecule has 0 bridgehead atoms. The lowest BCUT2D eigenvalue weighted by molar-refractivity contribution is -0.128. The molecule has 1 N–H and O–H groups in total. The molecule has 1 fully saturated rings. The second kappa shape index (κ2) is 4.61. The van der Waals surface area contributed by atoms with Gasteiger partial charge in [-0.05, 0) is 6.42 Å². The van der Waals surface area contributed by atoms with Crippen LogP contribution in [0.25, 0.3) is 0 Å². The van der Waals surface area contributed by atoms with Gasteiger partial charge >= 0.3 is 0 Å². The summed E-state index contributed by atoms with van der Waals surface area (Å²) >= 11 is 0. The van der Waals surface area contributed by atoms with Crippen LogP contribution < -0.4 is 5.32 Å². The quantitative estimate of drug-likeness (QED) is 0.724. The van der Waals surface area contributed by atoms with Crippen LogP contribution in [0.5, 0.6) is 0 Å². The molecule has 0 saturated carbocycles. The van der Waals surface area contributed by atoms with E-state index in [4.69, 9.17) is 0 Å². The average molecular weight is 223 g/mol. The van der Waals surface area contributed by atoms with Crippen molar-refractivity contribution in [2.75, 3.05) is 20.1 Å². The first-order chi connectivity index (χ1) is 7.66. The van der Waals surface area contributed by atoms with Crippen molar-refractivity contribution in [1.82, 2.24) is 25.0 Å². The van der Waals surface area contributed by atoms with Gasteiger partial charge in [0.15, 0.2) is 5.82 Å². The van der Waals surface area contributed by atoms with Gasteiger partial charge in [-0.1, -0.05) is 0 Å². The van der Waals surface area contributed by atoms with Gasteiger partial charge in [-0.3, -0.25) is 9.48 Å². The lowest BCUT2D eigenvalue weighted by atomic mass is 10.2. The number of aryl methyl sites for hydroxylation is 1. The number of aromatic nitrogens is 3. The molecule has 1 unspecified atom stereocenters. The molecular formula is C10H17N5O. The van der Waals surface area contributed by atoms with Crippen molar-refractivity contribution < 1.29 is 4.79 Å². The van der Waals surface area contributed by atoms with Crippen LogP contribution in [-0.2, 0) is 18.3 Å². The minimum atomic E-state index is -0.0197. The number of likely N-dealkylation sites (tertiary alicyclic amines) is 1. The molecule has 2 rings (SSSR count). The van der Waals surface area contributed by atoms with E-state index in [1.54, 1.807) is 15.9 Å². The molecular weight excluding hydrogens is 206 g/mol. The predicted molar refractivity (Wildman–Crippen MR) is 58.8 cm³/mol. The molecule has 1 saturated heterocycles. The second-order valence-corrected chi connectivity index (χ2v) is 4.14. The summed E-state index contributed by atoms with van der Waals surface area (Å²) < 4.78 is 1.68. The molecule has 0 spiro atoms. The summed E-state index contributed by atoms with van der Waals surface area (Å²) in [6.45, 7) is 1.59. The number of nitrogens with zero attached hydrogens (tertiary/aromatic N) is 4. The number of carbonyl (C=O) groups excluding carboxylic acids is 1. The van der Waals surface area contributed by atoms with Crippen LogP contribution in [0, 0.1) is 0 Å². The largest absolute Gasteiger partial charge is 0.344 e. The molecule has 1 aliphatic heterocycles. The van der Waals surface area contributed by atoms with Crippen molar-refractivity contribution in [3.05, 3.63) is 12.2 Å². The summed E-state index contributed by atoms with van der Waals surface area (Å²) in [4.78, 5) is 17.5. The molecule has 1 aromatic rings. The number of amides is 1. The maximum atomic E-state index is 11.6. The highest BCUT2D eigenvalue weighted by Gasteiger charge is 2.27. The number of nitrogens with one attached hydrogen (secondary N) is 1. The Bertz CT molecular complexity index is 375. The van der Waals surface area contributed by atoms with E-state index in [0.717, 1.165) is 31.8 Å². The smallest absolute Gasteiger partial charge is 0.239 e. The fourth-order valence-corrected chi connectivity index (χ4v) is 1.87. The van der Waals surface area contributed by atoms with Crippen molar-refractivity contribution in [2.24, 2.45) is 7.05 Å². The molecule has 0 radical (unpaired) electrons. The zero-order chi connectivity index (χ0) is 11.5. The van der Waals surface area contributed by atoms with Gasteiger partial charge in [0.25, 0.3) is 0 Å². The van der Waals surface area contributed by atoms with Gasteiger partial charge in [0.1, 0.15) is 6.33 Å². The Morgan fingerprint density at radius 3 is 2.94 bits per heavy atom. The number of carbonyl (C=O) groups is 1. The van der Waals surface area contributed by atoms with Crippen LogP contribution in [-0.4, -0.2) is 51.8 Å². The lowest BCUT2D eigenvalue weighted by Crippen LogP contribution is -2.37. The van der Waals surface area contributed by atoms with Crippen LogP contribution in [0.1, 0.15) is 12.2 Å². The zero-order valence-electron chi connectivity index (χ0n) is 9.68. The van der Waals surface area contributed by atoms with E-state index in [9.17, 15) is 4.79 Å². The topological polar surface area (TPSA) is 63.1 Å². The average Bonchev–Trinajstić information content (AvgIpc) is 2.79. The minimum Gasteiger partial charge on any atom is -0.344 e. The fourth-order valence-electron chi connectivity index (χ4n) is 1.87. The summed E-state index contributed by atoms with van der Waals surface area (Å²) in [6.07, 6.45) is 3.34. The first-order valence-electron chi connectivity index (χ1n) is 5.49. The fraction of sp³-hybridized carbons (Fsp3) is 0.700. The summed E-state index contributed by atoms with van der Waals surface area (Å²) in [5.41, 5.74) is 0. The Kier molecular flexibility index (Phi) is 3.19. The van der Waals surface area contributed by atoms with E-state index in [1.165, 1.54) is 0 Å². The van der Waals surface area contributed by atoms with Gasteiger partial charge in [0, 0.05) is 33.6 Å². The van der Waals surface area contributed by atoms with Gasteiger partial charge in [-0.25, -0.2) is 4.98 Å². The Labute approximate surface area is 94.6 Å². The van der Waals surface area contributed by atoms with Crippen LogP contribution >= 0.6 is 0 Å². The number of hydrogen-bond acceptors (Lipinski definition) is 4. The molecule has 6 nitrogen and oxygen atoms in total. The van der Waals surface area contributed by atoms with Crippen molar-refractivity contribution in [3.63, 3.8) is 0 Å². The summed E-state index contributed by atoms with van der Waals surface area (Å²) in [5.74, 6) is 1.00. The van der Waals surface area contributed by atoms with Gasteiger partial charge in [-0.2, -0.15) is 5.10 Å². The third kappa shape index (κ3) is 2.38. The van der Waals surface area contributed by atoms with Gasteiger partial charge in [-0.15, -0.1) is 0 Å². The monoisotopic (exact) mass is 223 g/mol. The van der Waals surface area contributed by atoms with Gasteiger partial charge in [0.05, 0.1) is 6.04 Å². The zero-order valence-corrected chi connectivity index (χ0v) is 9.68. The van der Waals surface area contributed by atoms with Crippen LogP contribution in [0.3, 0.4) is 0 Å². The van der Waals surface area contributed by atoms with E-state index in [-0.39, 0.29) is 11.9 Å². The van der Waals surface area contributed by atoms with Crippen LogP contribution in [0.2, 0.25) is 0 Å². The normalized spacial score (nSPS) is 20.8. The standard InChI is InChI=1S/C10H17N5O/c1-14-6-4-8(10(14)16)11-5-3-9-12-7-15(2)13-9/h7-8,11H,3-6H2,1-2H3. The maximum absolute atomic E-state index is 11.6.